The van der Waals surface area contributed by atoms with Crippen LogP contribution in [-0.2, 0) is 7.05 Å². The SMILES string of the molecule is COc1[c]ccc(-c2cn(C)c3ccccc23)c1. The van der Waals surface area contributed by atoms with Gasteiger partial charge in [0, 0.05) is 35.8 Å². The second kappa shape index (κ2) is 4.22. The third-order valence-corrected chi connectivity index (χ3v) is 3.20. The molecule has 2 nitrogen and oxygen atoms in total. The van der Waals surface area contributed by atoms with E-state index >= 15 is 0 Å². The molecule has 1 radical (unpaired) electrons. The van der Waals surface area contributed by atoms with Gasteiger partial charge in [-0.3, -0.25) is 0 Å². The van der Waals surface area contributed by atoms with Crippen LogP contribution in [0.1, 0.15) is 0 Å². The maximum Gasteiger partial charge on any atom is 0.127 e. The van der Waals surface area contributed by atoms with E-state index in [0.717, 1.165) is 11.3 Å². The quantitative estimate of drug-likeness (QED) is 0.662. The molecule has 0 unspecified atom stereocenters. The lowest BCUT2D eigenvalue weighted by Crippen LogP contribution is -1.83. The lowest BCUT2D eigenvalue weighted by Gasteiger charge is -2.02. The Bertz CT molecular complexity index is 697. The van der Waals surface area contributed by atoms with E-state index in [4.69, 9.17) is 4.74 Å². The summed E-state index contributed by atoms with van der Waals surface area (Å²) in [7, 11) is 3.73. The van der Waals surface area contributed by atoms with E-state index in [1.807, 2.05) is 12.1 Å². The molecule has 0 atom stereocenters. The molecule has 0 saturated carbocycles. The molecular weight excluding hydrogens is 222 g/mol. The van der Waals surface area contributed by atoms with Gasteiger partial charge in [-0.1, -0.05) is 24.3 Å². The molecule has 0 aliphatic heterocycles. The number of ether oxygens (including phenoxy) is 1. The molecule has 1 heterocycles. The molecule has 0 bridgehead atoms. The Kier molecular flexibility index (Phi) is 2.56. The predicted molar refractivity (Wildman–Crippen MR) is 73.7 cm³/mol. The van der Waals surface area contributed by atoms with E-state index in [9.17, 15) is 0 Å². The second-order valence-electron chi connectivity index (χ2n) is 4.32. The fourth-order valence-corrected chi connectivity index (χ4v) is 2.30. The molecule has 0 aliphatic rings. The molecule has 89 valence electrons. The van der Waals surface area contributed by atoms with Crippen LogP contribution in [0.4, 0.5) is 0 Å². The number of fused-ring (bicyclic) bond motifs is 1. The third-order valence-electron chi connectivity index (χ3n) is 3.20. The fraction of sp³-hybridized carbons (Fsp3) is 0.125. The molecule has 0 amide bonds. The van der Waals surface area contributed by atoms with Gasteiger partial charge in [0.25, 0.3) is 0 Å². The monoisotopic (exact) mass is 236 g/mol. The van der Waals surface area contributed by atoms with Gasteiger partial charge in [0.2, 0.25) is 0 Å². The first kappa shape index (κ1) is 10.9. The smallest absolute Gasteiger partial charge is 0.127 e. The number of methoxy groups -OCH3 is 1. The number of hydrogen-bond acceptors (Lipinski definition) is 1. The Hall–Kier alpha value is -2.22. The molecule has 2 heteroatoms. The van der Waals surface area contributed by atoms with Gasteiger partial charge in [-0.05, 0) is 23.8 Å². The van der Waals surface area contributed by atoms with Crippen LogP contribution >= 0.6 is 0 Å². The molecule has 18 heavy (non-hydrogen) atoms. The highest BCUT2D eigenvalue weighted by atomic mass is 16.5. The van der Waals surface area contributed by atoms with Crippen molar-refractivity contribution in [1.29, 1.82) is 0 Å². The van der Waals surface area contributed by atoms with E-state index in [-0.39, 0.29) is 0 Å². The number of rotatable bonds is 2. The molecular formula is C16H14NO. The van der Waals surface area contributed by atoms with E-state index in [0.29, 0.717) is 0 Å². The standard InChI is InChI=1S/C16H14NO/c1-17-11-15(14-8-3-4-9-16(14)17)12-6-5-7-13(10-12)18-2/h3-6,8-11H,1-2H3. The zero-order chi connectivity index (χ0) is 12.5. The number of aryl methyl sites for hydroxylation is 1. The van der Waals surface area contributed by atoms with Crippen molar-refractivity contribution in [2.45, 2.75) is 0 Å². The van der Waals surface area contributed by atoms with Crippen molar-refractivity contribution in [2.75, 3.05) is 7.11 Å². The van der Waals surface area contributed by atoms with Gasteiger partial charge in [-0.15, -0.1) is 0 Å². The Balaban J connectivity index is 2.25. The lowest BCUT2D eigenvalue weighted by atomic mass is 10.0. The number of aromatic nitrogens is 1. The normalized spacial score (nSPS) is 10.8. The van der Waals surface area contributed by atoms with Crippen LogP contribution < -0.4 is 4.74 Å². The molecule has 1 aromatic heterocycles. The van der Waals surface area contributed by atoms with Gasteiger partial charge < -0.3 is 9.30 Å². The first-order valence-electron chi connectivity index (χ1n) is 5.90. The van der Waals surface area contributed by atoms with Crippen molar-refractivity contribution in [3.05, 3.63) is 54.7 Å². The Labute approximate surface area is 106 Å². The fourth-order valence-electron chi connectivity index (χ4n) is 2.30. The average Bonchev–Trinajstić information content (AvgIpc) is 2.77. The largest absolute Gasteiger partial charge is 0.496 e. The minimum absolute atomic E-state index is 0.764. The zero-order valence-corrected chi connectivity index (χ0v) is 10.5. The number of benzene rings is 2. The highest BCUT2D eigenvalue weighted by molar-refractivity contribution is 5.96. The van der Waals surface area contributed by atoms with Crippen LogP contribution in [0.3, 0.4) is 0 Å². The molecule has 0 aliphatic carbocycles. The number of nitrogens with zero attached hydrogens (tertiary/aromatic N) is 1. The van der Waals surface area contributed by atoms with Crippen molar-refractivity contribution in [3.63, 3.8) is 0 Å². The Morgan fingerprint density at radius 3 is 2.83 bits per heavy atom. The number of para-hydroxylation sites is 1. The van der Waals surface area contributed by atoms with E-state index in [1.165, 1.54) is 16.5 Å². The summed E-state index contributed by atoms with van der Waals surface area (Å²) in [5.74, 6) is 0.764. The van der Waals surface area contributed by atoms with Crippen LogP contribution in [-0.4, -0.2) is 11.7 Å². The van der Waals surface area contributed by atoms with Crippen molar-refractivity contribution in [3.8, 4) is 16.9 Å². The summed E-state index contributed by atoms with van der Waals surface area (Å²) in [5, 5.41) is 1.26. The van der Waals surface area contributed by atoms with Gasteiger partial charge in [0.05, 0.1) is 7.11 Å². The first-order valence-corrected chi connectivity index (χ1v) is 5.90. The highest BCUT2D eigenvalue weighted by Gasteiger charge is 2.08. The summed E-state index contributed by atoms with van der Waals surface area (Å²) in [6.45, 7) is 0. The van der Waals surface area contributed by atoms with Crippen molar-refractivity contribution in [2.24, 2.45) is 7.05 Å². The summed E-state index contributed by atoms with van der Waals surface area (Å²) in [4.78, 5) is 0. The maximum absolute atomic E-state index is 5.23. The van der Waals surface area contributed by atoms with E-state index in [1.54, 1.807) is 7.11 Å². The highest BCUT2D eigenvalue weighted by Crippen LogP contribution is 2.31. The van der Waals surface area contributed by atoms with Crippen LogP contribution in [0.25, 0.3) is 22.0 Å². The molecule has 3 rings (SSSR count). The summed E-state index contributed by atoms with van der Waals surface area (Å²) in [6, 6.07) is 17.4. The first-order chi connectivity index (χ1) is 8.79. The minimum atomic E-state index is 0.764. The summed E-state index contributed by atoms with van der Waals surface area (Å²) in [6.07, 6.45) is 2.15. The molecule has 0 N–H and O–H groups in total. The average molecular weight is 236 g/mol. The summed E-state index contributed by atoms with van der Waals surface area (Å²) in [5.41, 5.74) is 3.61. The van der Waals surface area contributed by atoms with Crippen LogP contribution in [0, 0.1) is 6.07 Å². The van der Waals surface area contributed by atoms with Gasteiger partial charge >= 0.3 is 0 Å². The predicted octanol–water partition coefficient (Wildman–Crippen LogP) is 3.65. The van der Waals surface area contributed by atoms with Crippen molar-refractivity contribution >= 4 is 10.9 Å². The molecule has 0 fully saturated rings. The third kappa shape index (κ3) is 1.66. The van der Waals surface area contributed by atoms with Crippen LogP contribution in [0.5, 0.6) is 5.75 Å². The Morgan fingerprint density at radius 1 is 1.17 bits per heavy atom. The lowest BCUT2D eigenvalue weighted by molar-refractivity contribution is 0.414. The zero-order valence-electron chi connectivity index (χ0n) is 10.5. The minimum Gasteiger partial charge on any atom is -0.496 e. The van der Waals surface area contributed by atoms with Gasteiger partial charge in [0.15, 0.2) is 0 Å². The van der Waals surface area contributed by atoms with Gasteiger partial charge in [-0.2, -0.15) is 0 Å². The molecule has 2 aromatic carbocycles. The van der Waals surface area contributed by atoms with Crippen LogP contribution in [0.15, 0.2) is 48.7 Å². The summed E-state index contributed by atoms with van der Waals surface area (Å²) >= 11 is 0. The van der Waals surface area contributed by atoms with E-state index in [2.05, 4.69) is 54.2 Å². The maximum atomic E-state index is 5.23. The van der Waals surface area contributed by atoms with Gasteiger partial charge in [0.1, 0.15) is 5.75 Å². The summed E-state index contributed by atoms with van der Waals surface area (Å²) < 4.78 is 7.38. The van der Waals surface area contributed by atoms with E-state index < -0.39 is 0 Å². The molecule has 0 spiro atoms. The molecule has 3 aromatic rings. The van der Waals surface area contributed by atoms with Crippen molar-refractivity contribution < 1.29 is 4.74 Å². The Morgan fingerprint density at radius 2 is 2.00 bits per heavy atom. The van der Waals surface area contributed by atoms with Crippen molar-refractivity contribution in [1.82, 2.24) is 4.57 Å². The second-order valence-corrected chi connectivity index (χ2v) is 4.32. The van der Waals surface area contributed by atoms with Gasteiger partial charge in [-0.25, -0.2) is 0 Å². The number of hydrogen-bond donors (Lipinski definition) is 0. The molecule has 0 saturated heterocycles. The topological polar surface area (TPSA) is 14.2 Å². The van der Waals surface area contributed by atoms with Crippen LogP contribution in [0.2, 0.25) is 0 Å².